The van der Waals surface area contributed by atoms with E-state index in [1.807, 2.05) is 24.3 Å². The smallest absolute Gasteiger partial charge is 0.311 e. The van der Waals surface area contributed by atoms with E-state index >= 15 is 0 Å². The normalized spacial score (nSPS) is 27.6. The molecule has 6 heteroatoms. The first-order valence-electron chi connectivity index (χ1n) is 25.2. The molecular formula is C55H82N2O4. The molecule has 0 radical (unpaired) electrons. The monoisotopic (exact) mass is 835 g/mol. The minimum absolute atomic E-state index is 0.0314. The van der Waals surface area contributed by atoms with Crippen LogP contribution in [0.3, 0.4) is 0 Å². The van der Waals surface area contributed by atoms with Gasteiger partial charge in [-0.15, -0.1) is 0 Å². The average Bonchev–Trinajstić information content (AvgIpc) is 3.61. The van der Waals surface area contributed by atoms with Crippen LogP contribution < -0.4 is 4.74 Å². The van der Waals surface area contributed by atoms with Gasteiger partial charge in [0, 0.05) is 19.3 Å². The molecule has 4 aliphatic carbocycles. The molecule has 6 nitrogen and oxygen atoms in total. The molecule has 61 heavy (non-hydrogen) atoms. The predicted octanol–water partition coefficient (Wildman–Crippen LogP) is 16.2. The van der Waals surface area contributed by atoms with Gasteiger partial charge in [0.15, 0.2) is 0 Å². The van der Waals surface area contributed by atoms with Crippen LogP contribution in [0.15, 0.2) is 70.4 Å². The Kier molecular flexibility index (Phi) is 17.7. The third kappa shape index (κ3) is 12.9. The number of benzene rings is 2. The second-order valence-corrected chi connectivity index (χ2v) is 20.9. The molecular weight excluding hydrogens is 753 g/mol. The number of ether oxygens (including phenoxy) is 2. The standard InChI is InChI=1S/C55H82N2O4/c1-7-8-9-11-14-20-42-23-26-44(27-24-42)56-57-45-28-30-46(31-29-45)60-52(58)21-15-12-10-13-16-22-53(59)61-47-35-37-54(5)43(39-47)25-32-48-50-34-33-49(41(4)19-17-18-40(2)3)55(50,6)38-36-51(48)54/h23-31,40-41,47-51H,7-22,32-39H2,1-6H3/t41-,47+,48+,49-,50+,51+,54+,55-/m1/s1. The van der Waals surface area contributed by atoms with Crippen LogP contribution >= 0.6 is 0 Å². The zero-order chi connectivity index (χ0) is 43.2. The van der Waals surface area contributed by atoms with Gasteiger partial charge in [0.05, 0.1) is 11.4 Å². The number of hydrogen-bond donors (Lipinski definition) is 0. The lowest BCUT2D eigenvalue weighted by molar-refractivity contribution is -0.151. The number of nitrogens with zero attached hydrogens (tertiary/aromatic N) is 2. The van der Waals surface area contributed by atoms with Crippen molar-refractivity contribution >= 4 is 23.3 Å². The number of allylic oxidation sites excluding steroid dienone is 1. The second kappa shape index (κ2) is 22.9. The van der Waals surface area contributed by atoms with Crippen LogP contribution in [0.4, 0.5) is 11.4 Å². The van der Waals surface area contributed by atoms with E-state index in [-0.39, 0.29) is 23.5 Å². The Morgan fingerprint density at radius 1 is 0.705 bits per heavy atom. The highest BCUT2D eigenvalue weighted by atomic mass is 16.5. The van der Waals surface area contributed by atoms with E-state index in [2.05, 4.69) is 70.0 Å². The van der Waals surface area contributed by atoms with Gasteiger partial charge in [-0.25, -0.2) is 0 Å². The van der Waals surface area contributed by atoms with Crippen molar-refractivity contribution in [2.45, 2.75) is 202 Å². The van der Waals surface area contributed by atoms with Crippen molar-refractivity contribution < 1.29 is 19.1 Å². The first-order chi connectivity index (χ1) is 29.5. The van der Waals surface area contributed by atoms with Crippen molar-refractivity contribution in [3.05, 3.63) is 65.7 Å². The third-order valence-electron chi connectivity index (χ3n) is 16.2. The molecule has 0 heterocycles. The Balaban J connectivity index is 0.826. The van der Waals surface area contributed by atoms with Crippen molar-refractivity contribution in [1.29, 1.82) is 0 Å². The zero-order valence-corrected chi connectivity index (χ0v) is 39.2. The predicted molar refractivity (Wildman–Crippen MR) is 250 cm³/mol. The van der Waals surface area contributed by atoms with Crippen molar-refractivity contribution in [2.75, 3.05) is 0 Å². The summed E-state index contributed by atoms with van der Waals surface area (Å²) in [6, 6.07) is 15.5. The molecule has 0 unspecified atom stereocenters. The molecule has 0 aliphatic heterocycles. The van der Waals surface area contributed by atoms with Crippen LogP contribution in [0.25, 0.3) is 0 Å². The summed E-state index contributed by atoms with van der Waals surface area (Å²) in [7, 11) is 0. The van der Waals surface area contributed by atoms with E-state index in [0.29, 0.717) is 29.7 Å². The molecule has 0 bridgehead atoms. The first kappa shape index (κ1) is 47.2. The maximum Gasteiger partial charge on any atom is 0.311 e. The number of unbranched alkanes of at least 4 members (excludes halogenated alkanes) is 8. The van der Waals surface area contributed by atoms with Gasteiger partial charge in [0.1, 0.15) is 11.9 Å². The largest absolute Gasteiger partial charge is 0.462 e. The van der Waals surface area contributed by atoms with Gasteiger partial charge in [-0.3, -0.25) is 9.59 Å². The van der Waals surface area contributed by atoms with E-state index in [1.165, 1.54) is 89.0 Å². The number of carbonyl (C=O) groups excluding carboxylic acids is 2. The topological polar surface area (TPSA) is 77.3 Å². The first-order valence-corrected chi connectivity index (χ1v) is 25.2. The molecule has 0 aromatic heterocycles. The lowest BCUT2D eigenvalue weighted by atomic mass is 9.47. The molecule has 0 saturated heterocycles. The SMILES string of the molecule is CCCCCCCc1ccc(N=Nc2ccc(OC(=O)CCCCCCCC(=O)O[C@H]3CC[C@@]4(C)C(=CC[C@H]5[C@@H]6CC[C@H]([C@H](C)CCCC(C)C)[C@@]6(C)CC[C@@H]54)C3)cc2)cc1. The highest BCUT2D eigenvalue weighted by molar-refractivity contribution is 5.72. The Bertz CT molecular complexity index is 1730. The molecule has 2 aromatic carbocycles. The van der Waals surface area contributed by atoms with Crippen LogP contribution in [-0.2, 0) is 20.7 Å². The van der Waals surface area contributed by atoms with Gasteiger partial charge < -0.3 is 9.47 Å². The maximum atomic E-state index is 12.9. The summed E-state index contributed by atoms with van der Waals surface area (Å²) < 4.78 is 11.7. The number of azo groups is 1. The van der Waals surface area contributed by atoms with E-state index in [4.69, 9.17) is 9.47 Å². The maximum absolute atomic E-state index is 12.9. The summed E-state index contributed by atoms with van der Waals surface area (Å²) in [4.78, 5) is 25.4. The lowest BCUT2D eigenvalue weighted by Crippen LogP contribution is -2.51. The third-order valence-corrected chi connectivity index (χ3v) is 16.2. The molecule has 336 valence electrons. The molecule has 6 rings (SSSR count). The molecule has 8 atom stereocenters. The quantitative estimate of drug-likeness (QED) is 0.0367. The Labute approximate surface area is 370 Å². The van der Waals surface area contributed by atoms with Crippen LogP contribution in [0.2, 0.25) is 0 Å². The molecule has 4 aliphatic rings. The van der Waals surface area contributed by atoms with Gasteiger partial charge in [-0.05, 0) is 159 Å². The van der Waals surface area contributed by atoms with E-state index in [1.54, 1.807) is 17.7 Å². The van der Waals surface area contributed by atoms with Gasteiger partial charge in [-0.1, -0.05) is 130 Å². The molecule has 2 aromatic rings. The highest BCUT2D eigenvalue weighted by Gasteiger charge is 2.59. The fourth-order valence-electron chi connectivity index (χ4n) is 12.6. The Morgan fingerprint density at radius 3 is 2.07 bits per heavy atom. The van der Waals surface area contributed by atoms with Crippen LogP contribution in [0.1, 0.15) is 195 Å². The number of hydrogen-bond acceptors (Lipinski definition) is 6. The number of rotatable bonds is 23. The summed E-state index contributed by atoms with van der Waals surface area (Å²) >= 11 is 0. The molecule has 0 spiro atoms. The van der Waals surface area contributed by atoms with Gasteiger partial charge in [0.25, 0.3) is 0 Å². The van der Waals surface area contributed by atoms with Crippen molar-refractivity contribution in [1.82, 2.24) is 0 Å². The fourth-order valence-corrected chi connectivity index (χ4v) is 12.6. The fraction of sp³-hybridized carbons (Fsp3) is 0.709. The van der Waals surface area contributed by atoms with Gasteiger partial charge in [0.2, 0.25) is 0 Å². The highest BCUT2D eigenvalue weighted by Crippen LogP contribution is 2.67. The van der Waals surface area contributed by atoms with Crippen LogP contribution in [-0.4, -0.2) is 18.0 Å². The van der Waals surface area contributed by atoms with Crippen molar-refractivity contribution in [2.24, 2.45) is 56.6 Å². The molecule has 3 fully saturated rings. The van der Waals surface area contributed by atoms with Crippen molar-refractivity contribution in [3.63, 3.8) is 0 Å². The average molecular weight is 835 g/mol. The number of aryl methyl sites for hydroxylation is 1. The molecule has 0 N–H and O–H groups in total. The minimum Gasteiger partial charge on any atom is -0.462 e. The summed E-state index contributed by atoms with van der Waals surface area (Å²) in [5, 5.41) is 8.73. The van der Waals surface area contributed by atoms with E-state index in [0.717, 1.165) is 99.0 Å². The lowest BCUT2D eigenvalue weighted by Gasteiger charge is -2.58. The van der Waals surface area contributed by atoms with E-state index in [9.17, 15) is 9.59 Å². The zero-order valence-electron chi connectivity index (χ0n) is 39.2. The Morgan fingerprint density at radius 2 is 1.36 bits per heavy atom. The van der Waals surface area contributed by atoms with Gasteiger partial charge in [-0.2, -0.15) is 10.2 Å². The minimum atomic E-state index is -0.220. The number of fused-ring (bicyclic) bond motifs is 5. The summed E-state index contributed by atoms with van der Waals surface area (Å²) in [6.07, 6.45) is 29.7. The summed E-state index contributed by atoms with van der Waals surface area (Å²) in [5.74, 6) is 5.32. The van der Waals surface area contributed by atoms with Crippen LogP contribution in [0, 0.1) is 46.3 Å². The summed E-state index contributed by atoms with van der Waals surface area (Å²) in [6.45, 7) is 14.8. The van der Waals surface area contributed by atoms with Gasteiger partial charge >= 0.3 is 11.9 Å². The Hall–Kier alpha value is -3.28. The number of esters is 2. The molecule has 3 saturated carbocycles. The van der Waals surface area contributed by atoms with Crippen molar-refractivity contribution in [3.8, 4) is 5.75 Å². The summed E-state index contributed by atoms with van der Waals surface area (Å²) in [5.41, 5.74) is 5.27. The second-order valence-electron chi connectivity index (χ2n) is 20.9. The molecule has 0 amide bonds. The number of carbonyl (C=O) groups is 2. The van der Waals surface area contributed by atoms with E-state index < -0.39 is 0 Å². The van der Waals surface area contributed by atoms with Crippen LogP contribution in [0.5, 0.6) is 5.75 Å².